The topological polar surface area (TPSA) is 96.6 Å². The monoisotopic (exact) mass is 466 g/mol. The van der Waals surface area contributed by atoms with E-state index in [4.69, 9.17) is 0 Å². The summed E-state index contributed by atoms with van der Waals surface area (Å²) in [6, 6.07) is 8.11. The Hall–Kier alpha value is -3.25. The fourth-order valence-corrected chi connectivity index (χ4v) is 5.15. The maximum Gasteiger partial charge on any atom is 0.416 e. The smallest absolute Gasteiger partial charge is 0.368 e. The highest BCUT2D eigenvalue weighted by molar-refractivity contribution is 7.89. The van der Waals surface area contributed by atoms with E-state index in [1.807, 2.05) is 4.90 Å². The molecule has 8 nitrogen and oxygen atoms in total. The SMILES string of the molecule is O=[N+]([O-])c1ccc(N2CCN(S(=O)(=O)c3ccc(C(F)(F)F)cc3)CC2)c2ccncc12. The van der Waals surface area contributed by atoms with Crippen LogP contribution >= 0.6 is 0 Å². The van der Waals surface area contributed by atoms with Crippen LogP contribution in [0.1, 0.15) is 5.56 Å². The number of nitro groups is 1. The number of pyridine rings is 1. The number of hydrogen-bond donors (Lipinski definition) is 0. The first-order chi connectivity index (χ1) is 15.1. The van der Waals surface area contributed by atoms with Crippen LogP contribution in [-0.2, 0) is 16.2 Å². The molecule has 4 rings (SSSR count). The highest BCUT2D eigenvalue weighted by atomic mass is 32.2. The van der Waals surface area contributed by atoms with E-state index in [9.17, 15) is 31.7 Å². The van der Waals surface area contributed by atoms with Crippen molar-refractivity contribution in [3.63, 3.8) is 0 Å². The largest absolute Gasteiger partial charge is 0.416 e. The average molecular weight is 466 g/mol. The normalized spacial score (nSPS) is 15.8. The van der Waals surface area contributed by atoms with E-state index in [1.54, 1.807) is 12.1 Å². The minimum absolute atomic E-state index is 0.0691. The van der Waals surface area contributed by atoms with Gasteiger partial charge in [-0.25, -0.2) is 8.42 Å². The second-order valence-corrected chi connectivity index (χ2v) is 9.13. The summed E-state index contributed by atoms with van der Waals surface area (Å²) >= 11 is 0. The van der Waals surface area contributed by atoms with Gasteiger partial charge in [-0.1, -0.05) is 0 Å². The van der Waals surface area contributed by atoms with Crippen molar-refractivity contribution in [1.29, 1.82) is 0 Å². The van der Waals surface area contributed by atoms with Gasteiger partial charge < -0.3 is 4.90 Å². The van der Waals surface area contributed by atoms with Crippen molar-refractivity contribution in [3.05, 3.63) is 70.5 Å². The number of benzene rings is 2. The Bertz CT molecular complexity index is 1270. The number of anilines is 1. The van der Waals surface area contributed by atoms with E-state index in [2.05, 4.69) is 4.98 Å². The number of fused-ring (bicyclic) bond motifs is 1. The summed E-state index contributed by atoms with van der Waals surface area (Å²) in [5.74, 6) is 0. The van der Waals surface area contributed by atoms with Gasteiger partial charge >= 0.3 is 6.18 Å². The molecule has 0 saturated carbocycles. The molecular weight excluding hydrogens is 449 g/mol. The molecule has 168 valence electrons. The highest BCUT2D eigenvalue weighted by Crippen LogP contribution is 2.34. The number of nitrogens with zero attached hydrogens (tertiary/aromatic N) is 4. The lowest BCUT2D eigenvalue weighted by molar-refractivity contribution is -0.383. The van der Waals surface area contributed by atoms with Crippen molar-refractivity contribution in [2.45, 2.75) is 11.1 Å². The number of halogens is 3. The maximum atomic E-state index is 12.9. The van der Waals surface area contributed by atoms with E-state index < -0.39 is 26.7 Å². The zero-order chi connectivity index (χ0) is 23.1. The molecule has 1 aliphatic rings. The molecule has 0 amide bonds. The van der Waals surface area contributed by atoms with Crippen LogP contribution in [0.5, 0.6) is 0 Å². The number of piperazine rings is 1. The Morgan fingerprint density at radius 2 is 1.59 bits per heavy atom. The molecule has 12 heteroatoms. The van der Waals surface area contributed by atoms with E-state index in [1.165, 1.54) is 22.8 Å². The van der Waals surface area contributed by atoms with Crippen molar-refractivity contribution >= 4 is 32.2 Å². The van der Waals surface area contributed by atoms with E-state index in [0.717, 1.165) is 30.0 Å². The molecule has 0 bridgehead atoms. The van der Waals surface area contributed by atoms with Crippen LogP contribution < -0.4 is 4.90 Å². The zero-order valence-electron chi connectivity index (χ0n) is 16.5. The number of non-ortho nitro benzene ring substituents is 1. The van der Waals surface area contributed by atoms with E-state index >= 15 is 0 Å². The molecule has 1 saturated heterocycles. The average Bonchev–Trinajstić information content (AvgIpc) is 2.78. The van der Waals surface area contributed by atoms with Crippen molar-refractivity contribution in [1.82, 2.24) is 9.29 Å². The fraction of sp³-hybridized carbons (Fsp3) is 0.250. The molecule has 0 atom stereocenters. The minimum atomic E-state index is -4.54. The van der Waals surface area contributed by atoms with Gasteiger partial charge in [0.05, 0.1) is 20.8 Å². The Balaban J connectivity index is 1.55. The lowest BCUT2D eigenvalue weighted by atomic mass is 10.1. The van der Waals surface area contributed by atoms with E-state index in [-0.39, 0.29) is 23.7 Å². The van der Waals surface area contributed by atoms with Crippen molar-refractivity contribution in [3.8, 4) is 0 Å². The van der Waals surface area contributed by atoms with Crippen LogP contribution in [-0.4, -0.2) is 48.8 Å². The van der Waals surface area contributed by atoms with Gasteiger partial charge in [0.2, 0.25) is 10.0 Å². The molecule has 0 aliphatic carbocycles. The lowest BCUT2D eigenvalue weighted by Crippen LogP contribution is -2.48. The third-order valence-corrected chi connectivity index (χ3v) is 7.28. The van der Waals surface area contributed by atoms with Crippen LogP contribution in [0.2, 0.25) is 0 Å². The third kappa shape index (κ3) is 3.98. The summed E-state index contributed by atoms with van der Waals surface area (Å²) in [5, 5.41) is 12.3. The first-order valence-corrected chi connectivity index (χ1v) is 11.0. The molecule has 0 radical (unpaired) electrons. The van der Waals surface area contributed by atoms with Gasteiger partial charge in [0, 0.05) is 55.7 Å². The molecule has 0 N–H and O–H groups in total. The molecule has 1 aromatic heterocycles. The van der Waals surface area contributed by atoms with Crippen molar-refractivity contribution in [2.24, 2.45) is 0 Å². The zero-order valence-corrected chi connectivity index (χ0v) is 17.3. The fourth-order valence-electron chi connectivity index (χ4n) is 3.73. The highest BCUT2D eigenvalue weighted by Gasteiger charge is 2.33. The van der Waals surface area contributed by atoms with Crippen LogP contribution in [0.3, 0.4) is 0 Å². The summed E-state index contributed by atoms with van der Waals surface area (Å²) in [6.45, 7) is 0.865. The van der Waals surface area contributed by atoms with E-state index in [0.29, 0.717) is 23.9 Å². The van der Waals surface area contributed by atoms with Crippen molar-refractivity contribution < 1.29 is 26.5 Å². The number of aromatic nitrogens is 1. The summed E-state index contributed by atoms with van der Waals surface area (Å²) in [7, 11) is -3.95. The van der Waals surface area contributed by atoms with Gasteiger partial charge in [0.15, 0.2) is 0 Å². The Kier molecular flexibility index (Phi) is 5.51. The molecule has 3 aromatic rings. The molecule has 0 unspecified atom stereocenters. The van der Waals surface area contributed by atoms with Gasteiger partial charge in [-0.05, 0) is 36.4 Å². The Morgan fingerprint density at radius 3 is 2.19 bits per heavy atom. The molecule has 1 fully saturated rings. The van der Waals surface area contributed by atoms with Crippen LogP contribution in [0.25, 0.3) is 10.8 Å². The summed E-state index contributed by atoms with van der Waals surface area (Å²) in [6.07, 6.45) is -1.60. The van der Waals surface area contributed by atoms with Crippen LogP contribution in [0, 0.1) is 10.1 Å². The number of rotatable bonds is 4. The Labute approximate surface area is 181 Å². The maximum absolute atomic E-state index is 12.9. The van der Waals surface area contributed by atoms with Gasteiger partial charge in [-0.2, -0.15) is 17.5 Å². The molecule has 2 heterocycles. The molecule has 0 spiro atoms. The van der Waals surface area contributed by atoms with Gasteiger partial charge in [-0.15, -0.1) is 0 Å². The lowest BCUT2D eigenvalue weighted by Gasteiger charge is -2.35. The van der Waals surface area contributed by atoms with Gasteiger partial charge in [0.25, 0.3) is 5.69 Å². The second kappa shape index (κ2) is 8.02. The number of hydrogen-bond acceptors (Lipinski definition) is 6. The molecule has 1 aliphatic heterocycles. The molecular formula is C20H17F3N4O4S. The number of alkyl halides is 3. The first kappa shape index (κ1) is 22.0. The first-order valence-electron chi connectivity index (χ1n) is 9.52. The summed E-state index contributed by atoms with van der Waals surface area (Å²) < 4.78 is 65.2. The minimum Gasteiger partial charge on any atom is -0.368 e. The van der Waals surface area contributed by atoms with Crippen LogP contribution in [0.4, 0.5) is 24.5 Å². The summed E-state index contributed by atoms with van der Waals surface area (Å²) in [4.78, 5) is 16.5. The number of nitro benzene ring substituents is 1. The standard InChI is InChI=1S/C20H17F3N4O4S/c21-20(22,23)14-1-3-15(4-2-14)32(30,31)26-11-9-25(10-12-26)18-5-6-19(27(28)29)17-13-24-8-7-16(17)18/h1-8,13H,9-12H2. The molecule has 2 aromatic carbocycles. The third-order valence-electron chi connectivity index (χ3n) is 5.37. The summed E-state index contributed by atoms with van der Waals surface area (Å²) in [5.41, 5.74) is -0.263. The number of sulfonamides is 1. The predicted octanol–water partition coefficient (Wildman–Crippen LogP) is 3.67. The quantitative estimate of drug-likeness (QED) is 0.430. The van der Waals surface area contributed by atoms with Gasteiger partial charge in [0.1, 0.15) is 0 Å². The van der Waals surface area contributed by atoms with Crippen molar-refractivity contribution in [2.75, 3.05) is 31.1 Å². The van der Waals surface area contributed by atoms with Crippen LogP contribution in [0.15, 0.2) is 59.8 Å². The second-order valence-electron chi connectivity index (χ2n) is 7.20. The van der Waals surface area contributed by atoms with Gasteiger partial charge in [-0.3, -0.25) is 15.1 Å². The Morgan fingerprint density at radius 1 is 0.938 bits per heavy atom. The predicted molar refractivity (Wildman–Crippen MR) is 111 cm³/mol. The molecule has 32 heavy (non-hydrogen) atoms.